The van der Waals surface area contributed by atoms with Gasteiger partial charge in [-0.15, -0.1) is 0 Å². The minimum Gasteiger partial charge on any atom is -0.378 e. The van der Waals surface area contributed by atoms with Crippen LogP contribution in [0, 0.1) is 5.92 Å². The number of likely N-dealkylation sites (tertiary alicyclic amines) is 1. The van der Waals surface area contributed by atoms with Gasteiger partial charge in [-0.2, -0.15) is 0 Å². The molecule has 0 aromatic heterocycles. The fraction of sp³-hybridized carbons (Fsp3) is 0.938. The van der Waals surface area contributed by atoms with Crippen molar-refractivity contribution in [2.75, 3.05) is 6.61 Å². The summed E-state index contributed by atoms with van der Waals surface area (Å²) in [4.78, 5) is 14.8. The molecule has 2 saturated heterocycles. The van der Waals surface area contributed by atoms with E-state index in [4.69, 9.17) is 4.74 Å². The summed E-state index contributed by atoms with van der Waals surface area (Å²) < 4.78 is 5.63. The van der Waals surface area contributed by atoms with Crippen molar-refractivity contribution >= 4 is 5.91 Å². The van der Waals surface area contributed by atoms with Crippen LogP contribution in [0.4, 0.5) is 0 Å². The summed E-state index contributed by atoms with van der Waals surface area (Å²) in [6.07, 6.45) is 10.8. The molecule has 1 saturated carbocycles. The lowest BCUT2D eigenvalue weighted by atomic mass is 9.85. The zero-order valence-electron chi connectivity index (χ0n) is 12.1. The summed E-state index contributed by atoms with van der Waals surface area (Å²) in [7, 11) is 0. The standard InChI is InChI=1S/C16H27NO2/c1-12-11-13-5-2-3-7-15(13)17(12)16(18)9-8-14-6-4-10-19-14/h12-15H,2-11H2,1H3/t12-,13+,14+,15-/m1/s1. The highest BCUT2D eigenvalue weighted by atomic mass is 16.5. The summed E-state index contributed by atoms with van der Waals surface area (Å²) in [5.41, 5.74) is 0. The first kappa shape index (κ1) is 13.4. The molecule has 0 N–H and O–H groups in total. The van der Waals surface area contributed by atoms with Gasteiger partial charge in [-0.05, 0) is 51.4 Å². The van der Waals surface area contributed by atoms with Crippen LogP contribution in [-0.2, 0) is 9.53 Å². The first-order valence-electron chi connectivity index (χ1n) is 8.18. The predicted octanol–water partition coefficient (Wildman–Crippen LogP) is 3.13. The number of amides is 1. The molecular formula is C16H27NO2. The molecule has 0 unspecified atom stereocenters. The fourth-order valence-electron chi connectivity index (χ4n) is 4.42. The molecule has 1 amide bonds. The Bertz CT molecular complexity index is 325. The Labute approximate surface area is 116 Å². The Morgan fingerprint density at radius 1 is 1.21 bits per heavy atom. The number of carbonyl (C=O) groups excluding carboxylic acids is 1. The maximum Gasteiger partial charge on any atom is 0.223 e. The molecule has 2 aliphatic heterocycles. The Morgan fingerprint density at radius 3 is 2.84 bits per heavy atom. The number of hydrogen-bond acceptors (Lipinski definition) is 2. The van der Waals surface area contributed by atoms with E-state index in [1.807, 2.05) is 0 Å². The number of carbonyl (C=O) groups is 1. The van der Waals surface area contributed by atoms with Crippen molar-refractivity contribution in [3.8, 4) is 0 Å². The third-order valence-electron chi connectivity index (χ3n) is 5.34. The minimum atomic E-state index is 0.351. The second kappa shape index (κ2) is 5.82. The summed E-state index contributed by atoms with van der Waals surface area (Å²) >= 11 is 0. The molecule has 3 nitrogen and oxygen atoms in total. The molecular weight excluding hydrogens is 238 g/mol. The van der Waals surface area contributed by atoms with Gasteiger partial charge in [-0.1, -0.05) is 12.8 Å². The van der Waals surface area contributed by atoms with Gasteiger partial charge in [-0.3, -0.25) is 4.79 Å². The summed E-state index contributed by atoms with van der Waals surface area (Å²) in [5.74, 6) is 1.17. The topological polar surface area (TPSA) is 29.5 Å². The van der Waals surface area contributed by atoms with E-state index in [2.05, 4.69) is 11.8 Å². The Hall–Kier alpha value is -0.570. The van der Waals surface area contributed by atoms with Gasteiger partial charge in [0.15, 0.2) is 0 Å². The van der Waals surface area contributed by atoms with Crippen LogP contribution in [0.3, 0.4) is 0 Å². The van der Waals surface area contributed by atoms with E-state index in [9.17, 15) is 4.79 Å². The van der Waals surface area contributed by atoms with Crippen molar-refractivity contribution in [2.24, 2.45) is 5.92 Å². The highest BCUT2D eigenvalue weighted by molar-refractivity contribution is 5.77. The number of hydrogen-bond donors (Lipinski definition) is 0. The second-order valence-corrected chi connectivity index (χ2v) is 6.67. The van der Waals surface area contributed by atoms with Crippen molar-refractivity contribution in [2.45, 2.75) is 82.9 Å². The van der Waals surface area contributed by atoms with Crippen LogP contribution in [0.1, 0.15) is 64.7 Å². The predicted molar refractivity (Wildman–Crippen MR) is 74.9 cm³/mol. The normalized spacial score (nSPS) is 38.5. The van der Waals surface area contributed by atoms with Crippen LogP contribution < -0.4 is 0 Å². The molecule has 3 fully saturated rings. The maximum absolute atomic E-state index is 12.5. The van der Waals surface area contributed by atoms with E-state index < -0.39 is 0 Å². The van der Waals surface area contributed by atoms with Gasteiger partial charge < -0.3 is 9.64 Å². The van der Waals surface area contributed by atoms with Crippen LogP contribution in [0.2, 0.25) is 0 Å². The van der Waals surface area contributed by atoms with Gasteiger partial charge in [0.05, 0.1) is 6.10 Å². The lowest BCUT2D eigenvalue weighted by Gasteiger charge is -2.33. The van der Waals surface area contributed by atoms with E-state index in [0.717, 1.165) is 25.4 Å². The summed E-state index contributed by atoms with van der Waals surface area (Å²) in [5, 5.41) is 0. The van der Waals surface area contributed by atoms with E-state index in [0.29, 0.717) is 30.5 Å². The average Bonchev–Trinajstić information content (AvgIpc) is 3.02. The van der Waals surface area contributed by atoms with Gasteiger partial charge in [0, 0.05) is 25.1 Å². The van der Waals surface area contributed by atoms with Crippen molar-refractivity contribution < 1.29 is 9.53 Å². The molecule has 108 valence electrons. The molecule has 0 radical (unpaired) electrons. The van der Waals surface area contributed by atoms with Gasteiger partial charge in [0.25, 0.3) is 0 Å². The Kier molecular flexibility index (Phi) is 4.11. The minimum absolute atomic E-state index is 0.351. The first-order valence-corrected chi connectivity index (χ1v) is 8.18. The summed E-state index contributed by atoms with van der Waals surface area (Å²) in [6, 6.07) is 1.02. The molecule has 3 heteroatoms. The molecule has 0 bridgehead atoms. The second-order valence-electron chi connectivity index (χ2n) is 6.67. The summed E-state index contributed by atoms with van der Waals surface area (Å²) in [6.45, 7) is 3.13. The van der Waals surface area contributed by atoms with Gasteiger partial charge in [0.1, 0.15) is 0 Å². The van der Waals surface area contributed by atoms with Crippen molar-refractivity contribution in [1.29, 1.82) is 0 Å². The lowest BCUT2D eigenvalue weighted by molar-refractivity contribution is -0.135. The van der Waals surface area contributed by atoms with Gasteiger partial charge in [0.2, 0.25) is 5.91 Å². The molecule has 3 aliphatic rings. The highest BCUT2D eigenvalue weighted by Gasteiger charge is 2.42. The van der Waals surface area contributed by atoms with Crippen LogP contribution in [0.25, 0.3) is 0 Å². The molecule has 0 aromatic carbocycles. The number of ether oxygens (including phenoxy) is 1. The molecule has 4 atom stereocenters. The van der Waals surface area contributed by atoms with Gasteiger partial charge >= 0.3 is 0 Å². The first-order chi connectivity index (χ1) is 9.25. The third-order valence-corrected chi connectivity index (χ3v) is 5.34. The largest absolute Gasteiger partial charge is 0.378 e. The number of fused-ring (bicyclic) bond motifs is 1. The quantitative estimate of drug-likeness (QED) is 0.784. The zero-order chi connectivity index (χ0) is 13.2. The van der Waals surface area contributed by atoms with Crippen LogP contribution in [0.15, 0.2) is 0 Å². The average molecular weight is 265 g/mol. The maximum atomic E-state index is 12.5. The SMILES string of the molecule is C[C@@H]1C[C@@H]2CCCC[C@H]2N1C(=O)CC[C@@H]1CCCO1. The van der Waals surface area contributed by atoms with Crippen LogP contribution in [0.5, 0.6) is 0 Å². The molecule has 19 heavy (non-hydrogen) atoms. The van der Waals surface area contributed by atoms with E-state index >= 15 is 0 Å². The molecule has 2 heterocycles. The molecule has 0 spiro atoms. The number of rotatable bonds is 3. The van der Waals surface area contributed by atoms with E-state index in [-0.39, 0.29) is 0 Å². The van der Waals surface area contributed by atoms with E-state index in [1.54, 1.807) is 0 Å². The van der Waals surface area contributed by atoms with Crippen molar-refractivity contribution in [3.63, 3.8) is 0 Å². The van der Waals surface area contributed by atoms with Crippen LogP contribution >= 0.6 is 0 Å². The van der Waals surface area contributed by atoms with Gasteiger partial charge in [-0.25, -0.2) is 0 Å². The highest BCUT2D eigenvalue weighted by Crippen LogP contribution is 2.40. The number of nitrogens with zero attached hydrogens (tertiary/aromatic N) is 1. The monoisotopic (exact) mass is 265 g/mol. The molecule has 3 rings (SSSR count). The molecule has 0 aromatic rings. The third kappa shape index (κ3) is 2.81. The smallest absolute Gasteiger partial charge is 0.223 e. The zero-order valence-corrected chi connectivity index (χ0v) is 12.1. The van der Waals surface area contributed by atoms with Crippen molar-refractivity contribution in [3.05, 3.63) is 0 Å². The van der Waals surface area contributed by atoms with Crippen LogP contribution in [-0.4, -0.2) is 35.6 Å². The molecule has 1 aliphatic carbocycles. The Balaban J connectivity index is 1.55. The Morgan fingerprint density at radius 2 is 2.05 bits per heavy atom. The van der Waals surface area contributed by atoms with Crippen molar-refractivity contribution in [1.82, 2.24) is 4.90 Å². The van der Waals surface area contributed by atoms with E-state index in [1.165, 1.54) is 38.5 Å². The fourth-order valence-corrected chi connectivity index (χ4v) is 4.42. The lowest BCUT2D eigenvalue weighted by Crippen LogP contribution is -2.42.